The van der Waals surface area contributed by atoms with Gasteiger partial charge in [-0.3, -0.25) is 6.08 Å². The fourth-order valence-electron chi connectivity index (χ4n) is 0.871. The summed E-state index contributed by atoms with van der Waals surface area (Å²) in [7, 11) is 0. The van der Waals surface area contributed by atoms with Crippen LogP contribution in [0.1, 0.15) is 18.1 Å². The van der Waals surface area contributed by atoms with E-state index >= 15 is 0 Å². The first-order valence-corrected chi connectivity index (χ1v) is 3.98. The topological polar surface area (TPSA) is 0 Å². The van der Waals surface area contributed by atoms with E-state index in [0.717, 1.165) is 5.56 Å². The zero-order valence-electron chi connectivity index (χ0n) is 8.04. The molecule has 1 radical (unpaired) electrons. The minimum atomic E-state index is 0. The Bertz CT molecular complexity index is 280. The van der Waals surface area contributed by atoms with E-state index in [1.807, 2.05) is 19.1 Å². The van der Waals surface area contributed by atoms with E-state index < -0.39 is 0 Å². The van der Waals surface area contributed by atoms with Crippen LogP contribution in [0.25, 0.3) is 0 Å². The Morgan fingerprint density at radius 3 is 2.23 bits per heavy atom. The van der Waals surface area contributed by atoms with E-state index in [-0.39, 0.29) is 32.7 Å². The number of aryl methyl sites for hydroxylation is 1. The van der Waals surface area contributed by atoms with E-state index in [9.17, 15) is 0 Å². The Hall–Kier alpha value is -0.196. The Morgan fingerprint density at radius 2 is 1.69 bits per heavy atom. The maximum absolute atomic E-state index is 3.13. The predicted octanol–water partition coefficient (Wildman–Crippen LogP) is 3.08. The van der Waals surface area contributed by atoms with Gasteiger partial charge in [-0.25, -0.2) is 6.08 Å². The Morgan fingerprint density at radius 1 is 1.08 bits per heavy atom. The second kappa shape index (κ2) is 7.23. The predicted molar refractivity (Wildman–Crippen MR) is 51.6 cm³/mol. The van der Waals surface area contributed by atoms with Crippen molar-refractivity contribution in [3.63, 3.8) is 0 Å². The first-order chi connectivity index (χ1) is 5.83. The fraction of sp³-hybridized carbons (Fsp3) is 0.167. The molecule has 0 N–H and O–H groups in total. The van der Waals surface area contributed by atoms with Gasteiger partial charge >= 0.3 is 0 Å². The fourth-order valence-corrected chi connectivity index (χ4v) is 0.871. The summed E-state index contributed by atoms with van der Waals surface area (Å²) in [5.41, 5.74) is 2.38. The van der Waals surface area contributed by atoms with Gasteiger partial charge in [-0.1, -0.05) is 5.56 Å². The molecule has 0 fully saturated rings. The van der Waals surface area contributed by atoms with Crippen molar-refractivity contribution in [2.75, 3.05) is 0 Å². The van der Waals surface area contributed by atoms with Gasteiger partial charge < -0.3 is 12.2 Å². The maximum atomic E-state index is 3.13. The van der Waals surface area contributed by atoms with Crippen LogP contribution in [0, 0.1) is 19.1 Å². The Kier molecular flexibility index (Phi) is 7.12. The monoisotopic (exact) mass is 245 g/mol. The van der Waals surface area contributed by atoms with Crippen molar-refractivity contribution in [1.82, 2.24) is 0 Å². The molecule has 0 aliphatic carbocycles. The average Bonchev–Trinajstić information content (AvgIpc) is 2.09. The summed E-state index contributed by atoms with van der Waals surface area (Å²) in [6.45, 7) is 3.94. The molecule has 0 aromatic heterocycles. The molecule has 0 aliphatic heterocycles. The zero-order chi connectivity index (χ0) is 8.81. The van der Waals surface area contributed by atoms with Crippen LogP contribution in [0.3, 0.4) is 0 Å². The third-order valence-corrected chi connectivity index (χ3v) is 1.55. The van der Waals surface area contributed by atoms with Gasteiger partial charge in [-0.15, -0.1) is 31.2 Å². The summed E-state index contributed by atoms with van der Waals surface area (Å²) in [6, 6.07) is 8.26. The Labute approximate surface area is 106 Å². The van der Waals surface area contributed by atoms with Crippen molar-refractivity contribution >= 4 is 0 Å². The van der Waals surface area contributed by atoms with Crippen molar-refractivity contribution in [1.29, 1.82) is 0 Å². The van der Waals surface area contributed by atoms with Crippen LogP contribution in [-0.4, -0.2) is 0 Å². The molecule has 13 heavy (non-hydrogen) atoms. The molecule has 0 atom stereocenters. The number of rotatable bonds is 2. The van der Waals surface area contributed by atoms with Gasteiger partial charge in [0, 0.05) is 32.7 Å². The molecule has 1 heteroatoms. The SMILES string of the molecule is C[C-]=CC=[C-]c1ccc(C)cc1.[Y]. The average molecular weight is 245 g/mol. The van der Waals surface area contributed by atoms with Crippen LogP contribution < -0.4 is 0 Å². The van der Waals surface area contributed by atoms with Gasteiger partial charge in [-0.05, 0) is 6.92 Å². The molecule has 0 heterocycles. The second-order valence-electron chi connectivity index (χ2n) is 2.63. The van der Waals surface area contributed by atoms with Crippen LogP contribution in [0.15, 0.2) is 36.4 Å². The van der Waals surface area contributed by atoms with Crippen molar-refractivity contribution in [3.05, 3.63) is 59.7 Å². The molecule has 0 aliphatic rings. The van der Waals surface area contributed by atoms with Crippen molar-refractivity contribution in [2.45, 2.75) is 13.8 Å². The molecule has 1 rings (SSSR count). The molecule has 65 valence electrons. The molecule has 0 saturated carbocycles. The largest absolute Gasteiger partial charge is 0.330 e. The number of allylic oxidation sites excluding steroid dienone is 3. The molecular formula is C12H12Y-2. The first-order valence-electron chi connectivity index (χ1n) is 3.98. The molecule has 0 bridgehead atoms. The Balaban J connectivity index is 0.00000144. The molecule has 0 spiro atoms. The number of hydrogen-bond donors (Lipinski definition) is 0. The van der Waals surface area contributed by atoms with Crippen molar-refractivity contribution < 1.29 is 32.7 Å². The quantitative estimate of drug-likeness (QED) is 0.554. The minimum absolute atomic E-state index is 0. The summed E-state index contributed by atoms with van der Waals surface area (Å²) >= 11 is 0. The zero-order valence-corrected chi connectivity index (χ0v) is 10.9. The molecule has 0 saturated heterocycles. The molecule has 0 unspecified atom stereocenters. The minimum Gasteiger partial charge on any atom is -0.330 e. The first kappa shape index (κ1) is 12.8. The van der Waals surface area contributed by atoms with Crippen LogP contribution in [0.4, 0.5) is 0 Å². The number of benzene rings is 1. The third kappa shape index (κ3) is 5.18. The standard InChI is InChI=1S/C12H12.Y/c1-3-4-5-6-12-9-7-11(2)8-10-12;/h4-5,7-10H,1-2H3;/q-2;. The van der Waals surface area contributed by atoms with Gasteiger partial charge in [0.15, 0.2) is 0 Å². The van der Waals surface area contributed by atoms with E-state index in [1.54, 1.807) is 0 Å². The molecule has 1 aromatic rings. The summed E-state index contributed by atoms with van der Waals surface area (Å²) < 4.78 is 0. The molecular weight excluding hydrogens is 233 g/mol. The molecule has 0 nitrogen and oxygen atoms in total. The van der Waals surface area contributed by atoms with Gasteiger partial charge in [0.05, 0.1) is 0 Å². The summed E-state index contributed by atoms with van der Waals surface area (Å²) in [6.07, 6.45) is 9.75. The van der Waals surface area contributed by atoms with Gasteiger partial charge in [0.1, 0.15) is 0 Å². The normalized spacial score (nSPS) is 10.6. The van der Waals surface area contributed by atoms with E-state index in [0.29, 0.717) is 0 Å². The second-order valence-corrected chi connectivity index (χ2v) is 2.63. The van der Waals surface area contributed by atoms with Gasteiger partial charge in [0.25, 0.3) is 0 Å². The van der Waals surface area contributed by atoms with Crippen LogP contribution in [0.5, 0.6) is 0 Å². The third-order valence-electron chi connectivity index (χ3n) is 1.55. The van der Waals surface area contributed by atoms with Crippen LogP contribution in [0.2, 0.25) is 0 Å². The van der Waals surface area contributed by atoms with Crippen LogP contribution >= 0.6 is 0 Å². The summed E-state index contributed by atoms with van der Waals surface area (Å²) in [4.78, 5) is 0. The summed E-state index contributed by atoms with van der Waals surface area (Å²) in [5, 5.41) is 0. The van der Waals surface area contributed by atoms with Crippen molar-refractivity contribution in [2.24, 2.45) is 0 Å². The van der Waals surface area contributed by atoms with Crippen LogP contribution in [-0.2, 0) is 32.7 Å². The van der Waals surface area contributed by atoms with Gasteiger partial charge in [-0.2, -0.15) is 5.56 Å². The molecule has 1 aromatic carbocycles. The van der Waals surface area contributed by atoms with E-state index in [4.69, 9.17) is 0 Å². The van der Waals surface area contributed by atoms with E-state index in [1.165, 1.54) is 5.56 Å². The van der Waals surface area contributed by atoms with Crippen molar-refractivity contribution in [3.8, 4) is 0 Å². The van der Waals surface area contributed by atoms with Gasteiger partial charge in [0.2, 0.25) is 0 Å². The smallest absolute Gasteiger partial charge is 0 e. The summed E-state index contributed by atoms with van der Waals surface area (Å²) in [5.74, 6) is 0. The number of hydrogen-bond acceptors (Lipinski definition) is 0. The molecule has 0 amide bonds. The van der Waals surface area contributed by atoms with E-state index in [2.05, 4.69) is 43.3 Å². The maximum Gasteiger partial charge on any atom is 0 e.